The van der Waals surface area contributed by atoms with E-state index in [1.165, 1.54) is 0 Å². The maximum absolute atomic E-state index is 5.73. The molecule has 0 aliphatic rings. The van der Waals surface area contributed by atoms with Gasteiger partial charge in [0.15, 0.2) is 0 Å². The monoisotopic (exact) mass is 208 g/mol. The number of hydrogen-bond acceptors (Lipinski definition) is 2. The summed E-state index contributed by atoms with van der Waals surface area (Å²) in [6.45, 7) is 0. The van der Waals surface area contributed by atoms with E-state index in [-0.39, 0.29) is 0 Å². The third kappa shape index (κ3) is 2.06. The fourth-order valence-corrected chi connectivity index (χ4v) is 1.03. The predicted molar refractivity (Wildman–Crippen MR) is 46.8 cm³/mol. The van der Waals surface area contributed by atoms with E-state index in [1.807, 2.05) is 0 Å². The van der Waals surface area contributed by atoms with Gasteiger partial charge in [0.1, 0.15) is 5.69 Å². The highest BCUT2D eigenvalue weighted by atomic mass is 35.5. The molecular weight excluding hydrogens is 206 g/mol. The van der Waals surface area contributed by atoms with Crippen molar-refractivity contribution in [3.05, 3.63) is 28.2 Å². The molecule has 1 aromatic rings. The van der Waals surface area contributed by atoms with E-state index in [2.05, 4.69) is 9.75 Å². The molecule has 0 amide bonds. The normalized spacial score (nSPS) is 10.8. The van der Waals surface area contributed by atoms with Gasteiger partial charge in [-0.3, -0.25) is 0 Å². The van der Waals surface area contributed by atoms with Crippen molar-refractivity contribution in [2.45, 2.75) is 0 Å². The molecule has 11 heavy (non-hydrogen) atoms. The van der Waals surface area contributed by atoms with Crippen molar-refractivity contribution in [1.29, 1.82) is 0 Å². The maximum Gasteiger partial charge on any atom is 0.107 e. The summed E-state index contributed by atoms with van der Waals surface area (Å²) in [7, 11) is 0. The van der Waals surface area contributed by atoms with Crippen molar-refractivity contribution in [2.24, 2.45) is 9.75 Å². The fourth-order valence-electron chi connectivity index (χ4n) is 0.610. The first-order valence-corrected chi connectivity index (χ1v) is 3.81. The Morgan fingerprint density at radius 1 is 1.18 bits per heavy atom. The minimum atomic E-state index is 0.360. The molecule has 5 heteroatoms. The van der Waals surface area contributed by atoms with Gasteiger partial charge in [-0.15, -0.1) is 5.11 Å². The fraction of sp³-hybridized carbons (Fsp3) is 0. The van der Waals surface area contributed by atoms with Crippen LogP contribution in [0.15, 0.2) is 27.9 Å². The molecule has 0 aliphatic heterocycles. The van der Waals surface area contributed by atoms with Gasteiger partial charge < -0.3 is 0 Å². The van der Waals surface area contributed by atoms with Gasteiger partial charge in [-0.25, -0.2) is 0 Å². The molecule has 1 aromatic carbocycles. The molecule has 0 N–H and O–H groups in total. The molecule has 0 fully saturated rings. The van der Waals surface area contributed by atoms with Crippen molar-refractivity contribution in [3.63, 3.8) is 0 Å². The second kappa shape index (κ2) is 3.90. The molecule has 0 saturated carbocycles. The van der Waals surface area contributed by atoms with E-state index in [0.29, 0.717) is 15.7 Å². The average Bonchev–Trinajstić information content (AvgIpc) is 1.99. The Balaban J connectivity index is 3.16. The largest absolute Gasteiger partial charge is 0.136 e. The average molecular weight is 209 g/mol. The van der Waals surface area contributed by atoms with Crippen LogP contribution in [0, 0.1) is 0 Å². The highest BCUT2D eigenvalue weighted by Crippen LogP contribution is 2.31. The Morgan fingerprint density at radius 2 is 1.91 bits per heavy atom. The zero-order valence-electron chi connectivity index (χ0n) is 5.26. The van der Waals surface area contributed by atoms with Crippen LogP contribution in [-0.4, -0.2) is 0 Å². The summed E-state index contributed by atoms with van der Waals surface area (Å²) in [5.74, 6) is 0. The molecule has 0 heterocycles. The van der Waals surface area contributed by atoms with Crippen molar-refractivity contribution in [1.82, 2.24) is 0 Å². The Morgan fingerprint density at radius 3 is 2.55 bits per heavy atom. The first-order chi connectivity index (χ1) is 5.25. The van der Waals surface area contributed by atoms with Crippen molar-refractivity contribution in [3.8, 4) is 0 Å². The van der Waals surface area contributed by atoms with Gasteiger partial charge >= 0.3 is 0 Å². The summed E-state index contributed by atoms with van der Waals surface area (Å²) < 4.78 is 3.06. The number of benzene rings is 1. The van der Waals surface area contributed by atoms with Gasteiger partial charge in [-0.2, -0.15) is 0 Å². The Bertz CT molecular complexity index is 285. The summed E-state index contributed by atoms with van der Waals surface area (Å²) in [5.41, 5.74) is 0.467. The van der Waals surface area contributed by atoms with E-state index < -0.39 is 0 Å². The molecule has 1 rings (SSSR count). The molecular formula is C6H3Cl3N2. The van der Waals surface area contributed by atoms with Gasteiger partial charge in [-0.05, 0) is 12.1 Å². The molecule has 0 atom stereocenters. The van der Waals surface area contributed by atoms with E-state index in [9.17, 15) is 0 Å². The van der Waals surface area contributed by atoms with Crippen molar-refractivity contribution < 1.29 is 0 Å². The topological polar surface area (TPSA) is 24.7 Å². The van der Waals surface area contributed by atoms with Crippen LogP contribution in [0.2, 0.25) is 10.0 Å². The zero-order valence-corrected chi connectivity index (χ0v) is 7.53. The SMILES string of the molecule is Cl/N=N/c1cccc(Cl)c1Cl. The Labute approximate surface area is 78.9 Å². The molecule has 0 bridgehead atoms. The minimum absolute atomic E-state index is 0.360. The third-order valence-electron chi connectivity index (χ3n) is 1.08. The first-order valence-electron chi connectivity index (χ1n) is 2.71. The first kappa shape index (κ1) is 8.78. The standard InChI is InChI=1S/C6H3Cl3N2/c7-4-2-1-3-5(6(4)8)10-11-9/h1-3H/b11-10+. The van der Waals surface area contributed by atoms with Crippen LogP contribution in [0.1, 0.15) is 0 Å². The van der Waals surface area contributed by atoms with Crippen LogP contribution in [0.3, 0.4) is 0 Å². The minimum Gasteiger partial charge on any atom is -0.136 e. The molecule has 0 unspecified atom stereocenters. The van der Waals surface area contributed by atoms with Gasteiger partial charge in [0.2, 0.25) is 0 Å². The molecule has 0 aliphatic carbocycles. The lowest BCUT2D eigenvalue weighted by molar-refractivity contribution is 1.33. The van der Waals surface area contributed by atoms with E-state index in [1.54, 1.807) is 18.2 Å². The molecule has 0 radical (unpaired) electrons. The highest BCUT2D eigenvalue weighted by Gasteiger charge is 2.01. The lowest BCUT2D eigenvalue weighted by Gasteiger charge is -1.96. The quantitative estimate of drug-likeness (QED) is 0.618. The summed E-state index contributed by atoms with van der Waals surface area (Å²) in [6, 6.07) is 5.05. The van der Waals surface area contributed by atoms with Crippen LogP contribution >= 0.6 is 35.0 Å². The van der Waals surface area contributed by atoms with Gasteiger partial charge in [0, 0.05) is 0 Å². The highest BCUT2D eigenvalue weighted by molar-refractivity contribution is 6.43. The number of hydrogen-bond donors (Lipinski definition) is 0. The summed E-state index contributed by atoms with van der Waals surface area (Å²) >= 11 is 16.4. The van der Waals surface area contributed by atoms with Crippen LogP contribution in [0.25, 0.3) is 0 Å². The summed E-state index contributed by atoms with van der Waals surface area (Å²) in [4.78, 5) is 0. The van der Waals surface area contributed by atoms with Crippen molar-refractivity contribution >= 4 is 40.7 Å². The van der Waals surface area contributed by atoms with E-state index in [4.69, 9.17) is 35.0 Å². The van der Waals surface area contributed by atoms with Crippen LogP contribution < -0.4 is 0 Å². The summed E-state index contributed by atoms with van der Waals surface area (Å²) in [6.07, 6.45) is 0. The second-order valence-corrected chi connectivity index (χ2v) is 2.68. The molecule has 0 spiro atoms. The lowest BCUT2D eigenvalue weighted by Crippen LogP contribution is -1.68. The molecule has 0 saturated heterocycles. The number of rotatable bonds is 1. The van der Waals surface area contributed by atoms with E-state index >= 15 is 0 Å². The molecule has 0 aromatic heterocycles. The number of halogens is 3. The zero-order chi connectivity index (χ0) is 8.27. The number of nitrogens with zero attached hydrogens (tertiary/aromatic N) is 2. The smallest absolute Gasteiger partial charge is 0.107 e. The van der Waals surface area contributed by atoms with Crippen LogP contribution in [-0.2, 0) is 0 Å². The molecule has 58 valence electrons. The Hall–Kier alpha value is -0.310. The lowest BCUT2D eigenvalue weighted by atomic mass is 10.3. The van der Waals surface area contributed by atoms with Crippen LogP contribution in [0.5, 0.6) is 0 Å². The molecule has 2 nitrogen and oxygen atoms in total. The van der Waals surface area contributed by atoms with Gasteiger partial charge in [-0.1, -0.05) is 33.9 Å². The predicted octanol–water partition coefficient (Wildman–Crippen LogP) is 4.23. The Kier molecular flexibility index (Phi) is 3.12. The van der Waals surface area contributed by atoms with Crippen molar-refractivity contribution in [2.75, 3.05) is 0 Å². The van der Waals surface area contributed by atoms with Gasteiger partial charge in [0.05, 0.1) is 21.8 Å². The third-order valence-corrected chi connectivity index (χ3v) is 1.96. The van der Waals surface area contributed by atoms with E-state index in [0.717, 1.165) is 0 Å². The van der Waals surface area contributed by atoms with Gasteiger partial charge in [0.25, 0.3) is 0 Å². The van der Waals surface area contributed by atoms with Crippen LogP contribution in [0.4, 0.5) is 5.69 Å². The maximum atomic E-state index is 5.73. The second-order valence-electron chi connectivity index (χ2n) is 1.75. The summed E-state index contributed by atoms with van der Waals surface area (Å²) in [5, 5.41) is 4.34.